The van der Waals surface area contributed by atoms with Crippen molar-refractivity contribution in [2.75, 3.05) is 5.32 Å². The lowest BCUT2D eigenvalue weighted by Gasteiger charge is -2.33. The number of anilines is 1. The Balaban J connectivity index is 2.63. The zero-order chi connectivity index (χ0) is 14.7. The van der Waals surface area contributed by atoms with E-state index in [1.807, 2.05) is 38.1 Å². The first-order chi connectivity index (χ1) is 8.59. The van der Waals surface area contributed by atoms with Crippen LogP contribution in [0.3, 0.4) is 0 Å². The lowest BCUT2D eigenvalue weighted by atomic mass is 9.82. The smallest absolute Gasteiger partial charge is 0.319 e. The third-order valence-corrected chi connectivity index (χ3v) is 2.97. The average Bonchev–Trinajstić information content (AvgIpc) is 2.16. The van der Waals surface area contributed by atoms with Crippen LogP contribution in [0.5, 0.6) is 0 Å². The van der Waals surface area contributed by atoms with Crippen LogP contribution in [0.2, 0.25) is 0 Å². The van der Waals surface area contributed by atoms with Gasteiger partial charge in [-0.15, -0.1) is 12.6 Å². The Hall–Kier alpha value is -1.16. The fourth-order valence-electron chi connectivity index (χ4n) is 2.41. The molecule has 106 valence electrons. The predicted octanol–water partition coefficient (Wildman–Crippen LogP) is 4.31. The maximum absolute atomic E-state index is 12.0. The van der Waals surface area contributed by atoms with Gasteiger partial charge in [-0.3, -0.25) is 0 Å². The maximum atomic E-state index is 12.0. The van der Waals surface area contributed by atoms with E-state index in [-0.39, 0.29) is 17.0 Å². The molecule has 3 nitrogen and oxygen atoms in total. The number of nitrogens with one attached hydrogen (secondary N) is 2. The first kappa shape index (κ1) is 15.9. The molecule has 0 atom stereocenters. The van der Waals surface area contributed by atoms with E-state index in [0.29, 0.717) is 0 Å². The summed E-state index contributed by atoms with van der Waals surface area (Å²) in [5.74, 6) is 0. The molecular formula is C15H24N2OS. The molecule has 0 spiro atoms. The van der Waals surface area contributed by atoms with Crippen LogP contribution in [0.15, 0.2) is 29.2 Å². The maximum Gasteiger partial charge on any atom is 0.319 e. The molecule has 1 aromatic rings. The summed E-state index contributed by atoms with van der Waals surface area (Å²) in [4.78, 5) is 12.8. The summed E-state index contributed by atoms with van der Waals surface area (Å²) < 4.78 is 0. The minimum atomic E-state index is -0.256. The van der Waals surface area contributed by atoms with Crippen LogP contribution in [-0.4, -0.2) is 11.6 Å². The van der Waals surface area contributed by atoms with Crippen molar-refractivity contribution in [2.24, 2.45) is 5.41 Å². The van der Waals surface area contributed by atoms with E-state index in [0.717, 1.165) is 17.0 Å². The second-order valence-electron chi connectivity index (χ2n) is 6.72. The molecule has 19 heavy (non-hydrogen) atoms. The van der Waals surface area contributed by atoms with Gasteiger partial charge < -0.3 is 10.6 Å². The van der Waals surface area contributed by atoms with Gasteiger partial charge in [0, 0.05) is 10.4 Å². The van der Waals surface area contributed by atoms with Crippen LogP contribution in [0.4, 0.5) is 10.5 Å². The average molecular weight is 280 g/mol. The van der Waals surface area contributed by atoms with Crippen LogP contribution in [0.25, 0.3) is 0 Å². The number of urea groups is 1. The molecule has 2 amide bonds. The van der Waals surface area contributed by atoms with Gasteiger partial charge in [0.1, 0.15) is 0 Å². The van der Waals surface area contributed by atoms with Gasteiger partial charge >= 0.3 is 6.03 Å². The summed E-state index contributed by atoms with van der Waals surface area (Å²) in [6.45, 7) is 10.6. The Bertz CT molecular complexity index is 450. The molecule has 0 aliphatic rings. The highest BCUT2D eigenvalue weighted by atomic mass is 32.1. The fraction of sp³-hybridized carbons (Fsp3) is 0.533. The Morgan fingerprint density at radius 1 is 1.16 bits per heavy atom. The minimum Gasteiger partial charge on any atom is -0.333 e. The van der Waals surface area contributed by atoms with Crippen molar-refractivity contribution in [3.63, 3.8) is 0 Å². The molecule has 0 aliphatic carbocycles. The van der Waals surface area contributed by atoms with E-state index in [1.165, 1.54) is 0 Å². The van der Waals surface area contributed by atoms with Crippen molar-refractivity contribution >= 4 is 24.3 Å². The van der Waals surface area contributed by atoms with E-state index < -0.39 is 0 Å². The molecule has 0 fully saturated rings. The Kier molecular flexibility index (Phi) is 4.91. The highest BCUT2D eigenvalue weighted by molar-refractivity contribution is 7.80. The summed E-state index contributed by atoms with van der Waals surface area (Å²) in [5, 5.41) is 5.83. The molecule has 0 saturated heterocycles. The first-order valence-electron chi connectivity index (χ1n) is 6.46. The van der Waals surface area contributed by atoms with E-state index in [4.69, 9.17) is 0 Å². The highest BCUT2D eigenvalue weighted by Gasteiger charge is 2.27. The van der Waals surface area contributed by atoms with Crippen molar-refractivity contribution < 1.29 is 4.79 Å². The molecule has 0 radical (unpaired) electrons. The normalized spacial score (nSPS) is 12.1. The zero-order valence-electron chi connectivity index (χ0n) is 12.4. The molecule has 2 N–H and O–H groups in total. The van der Waals surface area contributed by atoms with Gasteiger partial charge in [-0.05, 0) is 37.8 Å². The van der Waals surface area contributed by atoms with Gasteiger partial charge in [0.15, 0.2) is 0 Å². The van der Waals surface area contributed by atoms with E-state index >= 15 is 0 Å². The molecule has 1 rings (SSSR count). The molecule has 0 heterocycles. The number of rotatable bonds is 3. The molecule has 0 aromatic heterocycles. The predicted molar refractivity (Wildman–Crippen MR) is 84.0 cm³/mol. The molecule has 0 bridgehead atoms. The molecule has 1 aromatic carbocycles. The molecular weight excluding hydrogens is 256 g/mol. The molecule has 0 saturated carbocycles. The summed E-state index contributed by atoms with van der Waals surface area (Å²) in [5.41, 5.74) is 0.626. The Labute approximate surface area is 121 Å². The van der Waals surface area contributed by atoms with Crippen LogP contribution in [0.1, 0.15) is 41.0 Å². The Morgan fingerprint density at radius 2 is 1.74 bits per heavy atom. The van der Waals surface area contributed by atoms with Crippen molar-refractivity contribution in [1.29, 1.82) is 0 Å². The zero-order valence-corrected chi connectivity index (χ0v) is 13.3. The van der Waals surface area contributed by atoms with Crippen LogP contribution in [0, 0.1) is 5.41 Å². The number of para-hydroxylation sites is 1. The van der Waals surface area contributed by atoms with E-state index in [9.17, 15) is 4.79 Å². The fourth-order valence-corrected chi connectivity index (χ4v) is 2.63. The minimum absolute atomic E-state index is 0.165. The van der Waals surface area contributed by atoms with Gasteiger partial charge in [0.05, 0.1) is 5.69 Å². The van der Waals surface area contributed by atoms with Crippen molar-refractivity contribution in [3.8, 4) is 0 Å². The van der Waals surface area contributed by atoms with Gasteiger partial charge in [-0.2, -0.15) is 0 Å². The number of carbonyl (C=O) groups excluding carboxylic acids is 1. The summed E-state index contributed by atoms with van der Waals surface area (Å²) in [6, 6.07) is 7.23. The number of hydrogen-bond donors (Lipinski definition) is 3. The van der Waals surface area contributed by atoms with Gasteiger partial charge in [0.25, 0.3) is 0 Å². The lowest BCUT2D eigenvalue weighted by Crippen LogP contribution is -2.47. The molecule has 0 unspecified atom stereocenters. The second-order valence-corrected chi connectivity index (χ2v) is 7.20. The number of benzene rings is 1. The van der Waals surface area contributed by atoms with Gasteiger partial charge in [0.2, 0.25) is 0 Å². The van der Waals surface area contributed by atoms with E-state index in [2.05, 4.69) is 44.0 Å². The standard InChI is InChI=1S/C15H24N2OS/c1-14(2,3)10-15(4,5)17-13(18)16-11-8-6-7-9-12(11)19/h6-9,19H,10H2,1-5H3,(H2,16,17,18). The summed E-state index contributed by atoms with van der Waals surface area (Å²) in [6.07, 6.45) is 0.899. The van der Waals surface area contributed by atoms with Crippen LogP contribution >= 0.6 is 12.6 Å². The van der Waals surface area contributed by atoms with Crippen molar-refractivity contribution in [2.45, 2.75) is 51.5 Å². The lowest BCUT2D eigenvalue weighted by molar-refractivity contribution is 0.220. The summed E-state index contributed by atoms with van der Waals surface area (Å²) >= 11 is 4.31. The molecule has 4 heteroatoms. The number of hydrogen-bond acceptors (Lipinski definition) is 2. The van der Waals surface area contributed by atoms with Crippen LogP contribution < -0.4 is 10.6 Å². The van der Waals surface area contributed by atoms with Gasteiger partial charge in [-0.1, -0.05) is 32.9 Å². The van der Waals surface area contributed by atoms with Crippen molar-refractivity contribution in [1.82, 2.24) is 5.32 Å². The highest BCUT2D eigenvalue weighted by Crippen LogP contribution is 2.27. The summed E-state index contributed by atoms with van der Waals surface area (Å²) in [7, 11) is 0. The van der Waals surface area contributed by atoms with Crippen LogP contribution in [-0.2, 0) is 0 Å². The number of carbonyl (C=O) groups is 1. The third kappa shape index (κ3) is 6.01. The Morgan fingerprint density at radius 3 is 2.26 bits per heavy atom. The number of amides is 2. The number of thiol groups is 1. The molecule has 0 aliphatic heterocycles. The quantitative estimate of drug-likeness (QED) is 0.709. The third-order valence-electron chi connectivity index (χ3n) is 2.58. The van der Waals surface area contributed by atoms with E-state index in [1.54, 1.807) is 0 Å². The SMILES string of the molecule is CC(C)(C)CC(C)(C)NC(=O)Nc1ccccc1S. The topological polar surface area (TPSA) is 41.1 Å². The second kappa shape index (κ2) is 5.87. The first-order valence-corrected chi connectivity index (χ1v) is 6.91. The van der Waals surface area contributed by atoms with Crippen molar-refractivity contribution in [3.05, 3.63) is 24.3 Å². The monoisotopic (exact) mass is 280 g/mol. The largest absolute Gasteiger partial charge is 0.333 e. The van der Waals surface area contributed by atoms with Gasteiger partial charge in [-0.25, -0.2) is 4.79 Å².